The molecular formula is C18H18O4. The Hall–Kier alpha value is -2.36. The third-order valence-electron chi connectivity index (χ3n) is 4.04. The highest BCUT2D eigenvalue weighted by Gasteiger charge is 2.18. The minimum absolute atomic E-state index is 0.214. The summed E-state index contributed by atoms with van der Waals surface area (Å²) in [6.07, 6.45) is 3.88. The molecule has 0 unspecified atom stereocenters. The second-order valence-electron chi connectivity index (χ2n) is 5.71. The Morgan fingerprint density at radius 3 is 2.05 bits per heavy atom. The quantitative estimate of drug-likeness (QED) is 0.811. The van der Waals surface area contributed by atoms with Crippen LogP contribution in [-0.4, -0.2) is 10.9 Å². The highest BCUT2D eigenvalue weighted by molar-refractivity contribution is 5.98. The van der Waals surface area contributed by atoms with Crippen LogP contribution in [0.25, 0.3) is 0 Å². The monoisotopic (exact) mass is 298 g/mol. The average molecular weight is 298 g/mol. The summed E-state index contributed by atoms with van der Waals surface area (Å²) in [6, 6.07) is 9.79. The van der Waals surface area contributed by atoms with Gasteiger partial charge in [-0.25, -0.2) is 4.79 Å². The van der Waals surface area contributed by atoms with Gasteiger partial charge in [-0.2, -0.15) is 0 Å². The van der Waals surface area contributed by atoms with E-state index in [1.54, 1.807) is 0 Å². The van der Waals surface area contributed by atoms with Crippen LogP contribution in [0.1, 0.15) is 46.5 Å². The van der Waals surface area contributed by atoms with Gasteiger partial charge in [0, 0.05) is 18.9 Å². The van der Waals surface area contributed by atoms with Crippen molar-refractivity contribution in [1.29, 1.82) is 0 Å². The summed E-state index contributed by atoms with van der Waals surface area (Å²) in [6.45, 7) is 0. The maximum absolute atomic E-state index is 12.1. The number of carbonyl (C=O) groups excluding carboxylic acids is 1. The van der Waals surface area contributed by atoms with E-state index in [0.29, 0.717) is 18.6 Å². The molecule has 2 aliphatic heterocycles. The lowest BCUT2D eigenvalue weighted by molar-refractivity contribution is 0.0973. The molecule has 0 saturated carbocycles. The van der Waals surface area contributed by atoms with Crippen molar-refractivity contribution in [2.75, 3.05) is 0 Å². The first-order valence-electron chi connectivity index (χ1n) is 7.60. The Bertz CT molecular complexity index is 741. The SMILES string of the molecule is O=C1CCCc2ccc(cc2)CCCc2cc(O)c1c(=O)o2. The van der Waals surface area contributed by atoms with Crippen molar-refractivity contribution < 1.29 is 14.3 Å². The molecule has 4 bridgehead atoms. The average Bonchev–Trinajstić information content (AvgIpc) is 2.48. The van der Waals surface area contributed by atoms with Crippen molar-refractivity contribution in [3.8, 4) is 5.75 Å². The van der Waals surface area contributed by atoms with Crippen LogP contribution < -0.4 is 5.63 Å². The highest BCUT2D eigenvalue weighted by Crippen LogP contribution is 2.20. The predicted octanol–water partition coefficient (Wildman–Crippen LogP) is 3.04. The van der Waals surface area contributed by atoms with Gasteiger partial charge in [-0.1, -0.05) is 24.3 Å². The highest BCUT2D eigenvalue weighted by atomic mass is 16.4. The molecule has 0 spiro atoms. The summed E-state index contributed by atoms with van der Waals surface area (Å²) in [5.74, 6) is -0.194. The summed E-state index contributed by atoms with van der Waals surface area (Å²) in [5, 5.41) is 9.97. The van der Waals surface area contributed by atoms with Crippen molar-refractivity contribution in [2.24, 2.45) is 0 Å². The Kier molecular flexibility index (Phi) is 4.09. The zero-order chi connectivity index (χ0) is 15.5. The van der Waals surface area contributed by atoms with Gasteiger partial charge in [-0.15, -0.1) is 0 Å². The topological polar surface area (TPSA) is 67.5 Å². The van der Waals surface area contributed by atoms with Gasteiger partial charge in [0.25, 0.3) is 0 Å². The van der Waals surface area contributed by atoms with Crippen LogP contribution in [0.5, 0.6) is 5.75 Å². The zero-order valence-corrected chi connectivity index (χ0v) is 12.3. The molecule has 0 radical (unpaired) electrons. The van der Waals surface area contributed by atoms with Gasteiger partial charge in [0.05, 0.1) is 0 Å². The van der Waals surface area contributed by atoms with Crippen molar-refractivity contribution in [3.63, 3.8) is 0 Å². The Morgan fingerprint density at radius 1 is 0.864 bits per heavy atom. The molecule has 6 rings (SSSR count). The largest absolute Gasteiger partial charge is 0.507 e. The molecule has 4 heteroatoms. The second-order valence-corrected chi connectivity index (χ2v) is 5.71. The van der Waals surface area contributed by atoms with Crippen LogP contribution in [0.3, 0.4) is 0 Å². The molecule has 4 nitrogen and oxygen atoms in total. The molecule has 1 aromatic heterocycles. The molecule has 3 heterocycles. The van der Waals surface area contributed by atoms with Crippen molar-refractivity contribution in [1.82, 2.24) is 0 Å². The first-order valence-corrected chi connectivity index (χ1v) is 7.60. The molecule has 4 aliphatic rings. The van der Waals surface area contributed by atoms with Crippen LogP contribution in [0.4, 0.5) is 0 Å². The standard InChI is InChI=1S/C18H18O4/c19-15-6-2-4-13-9-7-12(8-10-13)3-1-5-14-11-16(20)17(15)18(21)22-14/h7-11,20H,1-6H2. The minimum Gasteiger partial charge on any atom is -0.507 e. The van der Waals surface area contributed by atoms with Gasteiger partial charge in [0.15, 0.2) is 5.78 Å². The number of ketones is 1. The predicted molar refractivity (Wildman–Crippen MR) is 82.4 cm³/mol. The lowest BCUT2D eigenvalue weighted by Crippen LogP contribution is -2.15. The molecule has 2 aromatic rings. The van der Waals surface area contributed by atoms with Gasteiger partial charge in [-0.05, 0) is 36.8 Å². The molecule has 0 atom stereocenters. The molecule has 0 amide bonds. The van der Waals surface area contributed by atoms with Crippen LogP contribution in [-0.2, 0) is 19.3 Å². The molecule has 0 saturated heterocycles. The zero-order valence-electron chi connectivity index (χ0n) is 12.3. The van der Waals surface area contributed by atoms with Crippen LogP contribution in [0.15, 0.2) is 39.5 Å². The number of Topliss-reactive ketones (excluding diaryl/α,β-unsaturated/α-hetero) is 1. The van der Waals surface area contributed by atoms with E-state index in [1.807, 2.05) is 0 Å². The molecule has 1 aromatic carbocycles. The molecule has 22 heavy (non-hydrogen) atoms. The smallest absolute Gasteiger partial charge is 0.350 e. The third-order valence-corrected chi connectivity index (χ3v) is 4.04. The lowest BCUT2D eigenvalue weighted by Gasteiger charge is -2.05. The van der Waals surface area contributed by atoms with Gasteiger partial charge in [-0.3, -0.25) is 4.79 Å². The molecule has 0 fully saturated rings. The molecule has 1 N–H and O–H groups in total. The number of hydrogen-bond acceptors (Lipinski definition) is 4. The number of carbonyl (C=O) groups is 1. The number of hydrogen-bond donors (Lipinski definition) is 1. The van der Waals surface area contributed by atoms with Crippen molar-refractivity contribution >= 4 is 5.78 Å². The minimum atomic E-state index is -0.727. The van der Waals surface area contributed by atoms with E-state index in [0.717, 1.165) is 19.3 Å². The number of aryl methyl sites for hydroxylation is 3. The fourth-order valence-electron chi connectivity index (χ4n) is 2.83. The van der Waals surface area contributed by atoms with Crippen LogP contribution in [0.2, 0.25) is 0 Å². The van der Waals surface area contributed by atoms with E-state index in [2.05, 4.69) is 24.3 Å². The molecule has 2 aliphatic carbocycles. The third kappa shape index (κ3) is 3.11. The maximum Gasteiger partial charge on any atom is 0.350 e. The van der Waals surface area contributed by atoms with E-state index in [4.69, 9.17) is 4.42 Å². The van der Waals surface area contributed by atoms with Gasteiger partial charge in [0.1, 0.15) is 17.1 Å². The van der Waals surface area contributed by atoms with E-state index >= 15 is 0 Å². The molecule has 114 valence electrons. The summed E-state index contributed by atoms with van der Waals surface area (Å²) >= 11 is 0. The van der Waals surface area contributed by atoms with E-state index in [-0.39, 0.29) is 23.5 Å². The summed E-state index contributed by atoms with van der Waals surface area (Å²) in [4.78, 5) is 24.1. The lowest BCUT2D eigenvalue weighted by atomic mass is 10.0. The van der Waals surface area contributed by atoms with Crippen LogP contribution in [0, 0.1) is 0 Å². The van der Waals surface area contributed by atoms with Gasteiger partial charge in [0.2, 0.25) is 0 Å². The summed E-state index contributed by atoms with van der Waals surface area (Å²) < 4.78 is 5.18. The van der Waals surface area contributed by atoms with E-state index in [9.17, 15) is 14.7 Å². The fourth-order valence-corrected chi connectivity index (χ4v) is 2.83. The maximum atomic E-state index is 12.1. The number of rotatable bonds is 0. The van der Waals surface area contributed by atoms with Gasteiger partial charge < -0.3 is 9.52 Å². The van der Waals surface area contributed by atoms with Gasteiger partial charge >= 0.3 is 5.63 Å². The Morgan fingerprint density at radius 2 is 1.45 bits per heavy atom. The number of benzene rings is 1. The first kappa shape index (κ1) is 14.6. The second kappa shape index (κ2) is 6.18. The molecular weight excluding hydrogens is 280 g/mol. The number of aromatic hydroxyl groups is 1. The Labute approximate surface area is 128 Å². The Balaban J connectivity index is 1.94. The van der Waals surface area contributed by atoms with E-state index in [1.165, 1.54) is 17.2 Å². The van der Waals surface area contributed by atoms with Crippen molar-refractivity contribution in [2.45, 2.75) is 38.5 Å². The van der Waals surface area contributed by atoms with Crippen molar-refractivity contribution in [3.05, 3.63) is 63.2 Å². The van der Waals surface area contributed by atoms with Crippen LogP contribution >= 0.6 is 0 Å². The fraction of sp³-hybridized carbons (Fsp3) is 0.333. The van der Waals surface area contributed by atoms with E-state index < -0.39 is 5.63 Å². The summed E-state index contributed by atoms with van der Waals surface area (Å²) in [7, 11) is 0. The normalized spacial score (nSPS) is 15.5. The summed E-state index contributed by atoms with van der Waals surface area (Å²) in [5.41, 5.74) is 1.47. The first-order chi connectivity index (χ1) is 10.6.